The average molecular weight is 283 g/mol. The molecule has 0 saturated heterocycles. The van der Waals surface area contributed by atoms with E-state index in [0.717, 1.165) is 32.9 Å². The Morgan fingerprint density at radius 1 is 0.800 bits per heavy atom. The van der Waals surface area contributed by atoms with E-state index in [1.54, 1.807) is 0 Å². The third kappa shape index (κ3) is 2.86. The molecule has 0 bridgehead atoms. The molecule has 0 fully saturated rings. The van der Waals surface area contributed by atoms with E-state index in [1.165, 1.54) is 11.1 Å². The van der Waals surface area contributed by atoms with Crippen LogP contribution >= 0.6 is 11.6 Å². The van der Waals surface area contributed by atoms with Crippen LogP contribution < -0.4 is 0 Å². The summed E-state index contributed by atoms with van der Waals surface area (Å²) in [6.45, 7) is 14.6. The van der Waals surface area contributed by atoms with Gasteiger partial charge in [-0.05, 0) is 54.7 Å². The Balaban J connectivity index is 2.40. The van der Waals surface area contributed by atoms with E-state index in [0.29, 0.717) is 0 Å². The summed E-state index contributed by atoms with van der Waals surface area (Å²) in [5, 5.41) is 0.723. The first kappa shape index (κ1) is 14.6. The highest BCUT2D eigenvalue weighted by atomic mass is 35.5. The van der Waals surface area contributed by atoms with Crippen LogP contribution in [0.2, 0.25) is 5.02 Å². The van der Waals surface area contributed by atoms with Crippen LogP contribution in [0.5, 0.6) is 0 Å². The molecule has 0 N–H and O–H groups in total. The summed E-state index contributed by atoms with van der Waals surface area (Å²) >= 11 is 6.32. The summed E-state index contributed by atoms with van der Waals surface area (Å²) < 4.78 is 0. The standard InChI is InChI=1S/C19H19Cl/c1-12-6-8-17(14(3)10-12)15(4)16(5)18-9-7-13(2)11-19(18)20/h6-11H,4-5H2,1-3H3. The van der Waals surface area contributed by atoms with E-state index < -0.39 is 0 Å². The number of rotatable bonds is 3. The first-order chi connectivity index (χ1) is 9.40. The maximum absolute atomic E-state index is 6.32. The van der Waals surface area contributed by atoms with E-state index in [2.05, 4.69) is 45.2 Å². The van der Waals surface area contributed by atoms with Gasteiger partial charge in [-0.15, -0.1) is 0 Å². The van der Waals surface area contributed by atoms with Crippen molar-refractivity contribution in [2.45, 2.75) is 20.8 Å². The van der Waals surface area contributed by atoms with Crippen molar-refractivity contribution in [2.24, 2.45) is 0 Å². The Labute approximate surface area is 126 Å². The molecule has 0 unspecified atom stereocenters. The normalized spacial score (nSPS) is 10.4. The highest BCUT2D eigenvalue weighted by Crippen LogP contribution is 2.34. The molecule has 0 aliphatic carbocycles. The zero-order valence-corrected chi connectivity index (χ0v) is 13.0. The minimum atomic E-state index is 0.723. The quantitative estimate of drug-likeness (QED) is 0.606. The molecule has 0 radical (unpaired) electrons. The predicted octanol–water partition coefficient (Wildman–Crippen LogP) is 5.99. The molecule has 0 aliphatic rings. The lowest BCUT2D eigenvalue weighted by Crippen LogP contribution is -1.93. The lowest BCUT2D eigenvalue weighted by atomic mass is 9.91. The molecule has 0 saturated carbocycles. The molecule has 0 amide bonds. The molecule has 20 heavy (non-hydrogen) atoms. The first-order valence-corrected chi connectivity index (χ1v) is 7.00. The molecule has 0 nitrogen and oxygen atoms in total. The SMILES string of the molecule is C=C(C(=C)c1ccc(C)cc1Cl)c1ccc(C)cc1C. The van der Waals surface area contributed by atoms with Gasteiger partial charge in [0.1, 0.15) is 0 Å². The van der Waals surface area contributed by atoms with Gasteiger partial charge in [-0.25, -0.2) is 0 Å². The highest BCUT2D eigenvalue weighted by molar-refractivity contribution is 6.33. The van der Waals surface area contributed by atoms with Gasteiger partial charge in [-0.3, -0.25) is 0 Å². The van der Waals surface area contributed by atoms with Gasteiger partial charge >= 0.3 is 0 Å². The number of hydrogen-bond donors (Lipinski definition) is 0. The zero-order valence-electron chi connectivity index (χ0n) is 12.3. The summed E-state index contributed by atoms with van der Waals surface area (Å²) in [5.74, 6) is 0. The van der Waals surface area contributed by atoms with Crippen LogP contribution in [-0.4, -0.2) is 0 Å². The van der Waals surface area contributed by atoms with Gasteiger partial charge in [0, 0.05) is 10.6 Å². The fraction of sp³-hybridized carbons (Fsp3) is 0.158. The molecule has 0 atom stereocenters. The van der Waals surface area contributed by atoms with Crippen LogP contribution in [0.1, 0.15) is 27.8 Å². The van der Waals surface area contributed by atoms with Gasteiger partial charge < -0.3 is 0 Å². The lowest BCUT2D eigenvalue weighted by molar-refractivity contribution is 1.36. The van der Waals surface area contributed by atoms with Gasteiger partial charge in [0.25, 0.3) is 0 Å². The smallest absolute Gasteiger partial charge is 0.0487 e. The summed E-state index contributed by atoms with van der Waals surface area (Å²) in [7, 11) is 0. The summed E-state index contributed by atoms with van der Waals surface area (Å²) in [6, 6.07) is 12.4. The highest BCUT2D eigenvalue weighted by Gasteiger charge is 2.11. The molecule has 2 aromatic rings. The predicted molar refractivity (Wildman–Crippen MR) is 90.2 cm³/mol. The number of benzene rings is 2. The minimum Gasteiger partial charge on any atom is -0.0905 e. The van der Waals surface area contributed by atoms with Crippen molar-refractivity contribution in [1.82, 2.24) is 0 Å². The molecule has 0 aromatic heterocycles. The van der Waals surface area contributed by atoms with Crippen molar-refractivity contribution in [3.05, 3.63) is 82.4 Å². The van der Waals surface area contributed by atoms with E-state index in [1.807, 2.05) is 25.1 Å². The van der Waals surface area contributed by atoms with Gasteiger partial charge in [0.2, 0.25) is 0 Å². The van der Waals surface area contributed by atoms with E-state index in [4.69, 9.17) is 11.6 Å². The fourth-order valence-electron chi connectivity index (χ4n) is 2.34. The molecular formula is C19H19Cl. The largest absolute Gasteiger partial charge is 0.0905 e. The first-order valence-electron chi connectivity index (χ1n) is 6.62. The van der Waals surface area contributed by atoms with Crippen molar-refractivity contribution < 1.29 is 0 Å². The Hall–Kier alpha value is -1.79. The van der Waals surface area contributed by atoms with Crippen LogP contribution in [-0.2, 0) is 0 Å². The molecule has 1 heteroatoms. The topological polar surface area (TPSA) is 0 Å². The number of halogens is 1. The lowest BCUT2D eigenvalue weighted by Gasteiger charge is -2.14. The van der Waals surface area contributed by atoms with Crippen molar-refractivity contribution in [2.75, 3.05) is 0 Å². The molecule has 0 spiro atoms. The van der Waals surface area contributed by atoms with Gasteiger partial charge in [0.05, 0.1) is 0 Å². The van der Waals surface area contributed by atoms with Crippen LogP contribution in [0.15, 0.2) is 49.6 Å². The Bertz CT molecular complexity index is 631. The Kier molecular flexibility index (Phi) is 4.15. The summed E-state index contributed by atoms with van der Waals surface area (Å²) in [5.41, 5.74) is 7.47. The van der Waals surface area contributed by atoms with Gasteiger partial charge in [-0.2, -0.15) is 0 Å². The Morgan fingerprint density at radius 2 is 1.30 bits per heavy atom. The van der Waals surface area contributed by atoms with Gasteiger partial charge in [-0.1, -0.05) is 60.7 Å². The number of hydrogen-bond acceptors (Lipinski definition) is 0. The van der Waals surface area contributed by atoms with Crippen molar-refractivity contribution in [3.63, 3.8) is 0 Å². The second-order valence-corrected chi connectivity index (χ2v) is 5.67. The molecule has 0 aliphatic heterocycles. The van der Waals surface area contributed by atoms with Crippen LogP contribution in [0.25, 0.3) is 11.1 Å². The second-order valence-electron chi connectivity index (χ2n) is 5.26. The van der Waals surface area contributed by atoms with E-state index in [9.17, 15) is 0 Å². The number of allylic oxidation sites excluding steroid dienone is 2. The molecule has 0 heterocycles. The zero-order chi connectivity index (χ0) is 14.9. The van der Waals surface area contributed by atoms with Gasteiger partial charge in [0.15, 0.2) is 0 Å². The average Bonchev–Trinajstić information content (AvgIpc) is 2.37. The van der Waals surface area contributed by atoms with E-state index >= 15 is 0 Å². The maximum Gasteiger partial charge on any atom is 0.0487 e. The van der Waals surface area contributed by atoms with Crippen LogP contribution in [0, 0.1) is 20.8 Å². The number of aryl methyl sites for hydroxylation is 3. The maximum atomic E-state index is 6.32. The Morgan fingerprint density at radius 3 is 1.85 bits per heavy atom. The van der Waals surface area contributed by atoms with Crippen molar-refractivity contribution in [3.8, 4) is 0 Å². The second kappa shape index (κ2) is 5.68. The molecule has 2 aromatic carbocycles. The molecule has 102 valence electrons. The monoisotopic (exact) mass is 282 g/mol. The summed E-state index contributed by atoms with van der Waals surface area (Å²) in [4.78, 5) is 0. The summed E-state index contributed by atoms with van der Waals surface area (Å²) in [6.07, 6.45) is 0. The van der Waals surface area contributed by atoms with E-state index in [-0.39, 0.29) is 0 Å². The van der Waals surface area contributed by atoms with Crippen molar-refractivity contribution >= 4 is 22.7 Å². The molecule has 2 rings (SSSR count). The third-order valence-electron chi connectivity index (χ3n) is 3.52. The molecular weight excluding hydrogens is 264 g/mol. The van der Waals surface area contributed by atoms with Crippen molar-refractivity contribution in [1.29, 1.82) is 0 Å². The van der Waals surface area contributed by atoms with Crippen LogP contribution in [0.3, 0.4) is 0 Å². The third-order valence-corrected chi connectivity index (χ3v) is 3.83. The van der Waals surface area contributed by atoms with Crippen LogP contribution in [0.4, 0.5) is 0 Å². The fourth-order valence-corrected chi connectivity index (χ4v) is 2.69. The minimum absolute atomic E-state index is 0.723.